The minimum absolute atomic E-state index is 0.179. The maximum Gasteiger partial charge on any atom is 0.408 e. The van der Waals surface area contributed by atoms with Crippen molar-refractivity contribution in [1.82, 2.24) is 10.6 Å². The summed E-state index contributed by atoms with van der Waals surface area (Å²) < 4.78 is 10.1. The zero-order valence-electron chi connectivity index (χ0n) is 24.6. The van der Waals surface area contributed by atoms with Gasteiger partial charge in [-0.2, -0.15) is 0 Å². The third kappa shape index (κ3) is 9.39. The van der Waals surface area contributed by atoms with Crippen LogP contribution in [0.5, 0.6) is 0 Å². The minimum Gasteiger partial charge on any atom is -0.459 e. The lowest BCUT2D eigenvalue weighted by Gasteiger charge is -2.36. The molecule has 0 heterocycles. The smallest absolute Gasteiger partial charge is 0.408 e. The van der Waals surface area contributed by atoms with Crippen molar-refractivity contribution in [1.29, 1.82) is 0 Å². The fourth-order valence-corrected chi connectivity index (χ4v) is 5.83. The predicted octanol–water partition coefficient (Wildman–Crippen LogP) is 6.06. The van der Waals surface area contributed by atoms with Crippen LogP contribution in [-0.2, 0) is 23.8 Å². The zero-order valence-corrected chi connectivity index (χ0v) is 25.4. The van der Waals surface area contributed by atoms with Crippen LogP contribution in [0.15, 0.2) is 91.0 Å². The predicted molar refractivity (Wildman–Crippen MR) is 164 cm³/mol. The number of alkyl carbamates (subject to hydrolysis) is 1. The Balaban J connectivity index is 1.98. The highest BCUT2D eigenvalue weighted by Crippen LogP contribution is 2.48. The summed E-state index contributed by atoms with van der Waals surface area (Å²) in [6, 6.07) is 29.2. The van der Waals surface area contributed by atoms with Gasteiger partial charge < -0.3 is 20.1 Å². The number of nitrogens with one attached hydrogen (secondary N) is 2. The highest BCUT2D eigenvalue weighted by Gasteiger charge is 2.39. The summed E-state index contributed by atoms with van der Waals surface area (Å²) in [4.78, 5) is 38.6. The second-order valence-corrected chi connectivity index (χ2v) is 12.8. The van der Waals surface area contributed by atoms with Gasteiger partial charge in [0.05, 0.1) is 4.75 Å². The summed E-state index contributed by atoms with van der Waals surface area (Å²) in [5, 5.41) is 5.36. The van der Waals surface area contributed by atoms with Crippen molar-refractivity contribution in [3.63, 3.8) is 0 Å². The van der Waals surface area contributed by atoms with Gasteiger partial charge in [-0.3, -0.25) is 9.59 Å². The van der Waals surface area contributed by atoms with Gasteiger partial charge in [0.25, 0.3) is 0 Å². The van der Waals surface area contributed by atoms with Gasteiger partial charge in [0.1, 0.15) is 23.8 Å². The Morgan fingerprint density at radius 2 is 1.10 bits per heavy atom. The Morgan fingerprint density at radius 3 is 1.49 bits per heavy atom. The van der Waals surface area contributed by atoms with Crippen LogP contribution in [-0.4, -0.2) is 47.5 Å². The first-order valence-electron chi connectivity index (χ1n) is 13.6. The highest BCUT2D eigenvalue weighted by molar-refractivity contribution is 8.00. The van der Waals surface area contributed by atoms with Crippen LogP contribution in [0, 0.1) is 0 Å². The maximum absolute atomic E-state index is 13.4. The molecule has 0 unspecified atom stereocenters. The molecule has 8 heteroatoms. The van der Waals surface area contributed by atoms with Crippen LogP contribution in [0.25, 0.3) is 0 Å². The first-order chi connectivity index (χ1) is 19.3. The molecular weight excluding hydrogens is 536 g/mol. The Kier molecular flexibility index (Phi) is 10.6. The lowest BCUT2D eigenvalue weighted by Crippen LogP contribution is -2.51. The van der Waals surface area contributed by atoms with E-state index in [1.807, 2.05) is 54.6 Å². The molecule has 0 radical (unpaired) electrons. The van der Waals surface area contributed by atoms with Crippen LogP contribution < -0.4 is 10.6 Å². The van der Waals surface area contributed by atoms with E-state index in [9.17, 15) is 14.4 Å². The van der Waals surface area contributed by atoms with Gasteiger partial charge in [0.15, 0.2) is 0 Å². The molecule has 7 nitrogen and oxygen atoms in total. The molecule has 41 heavy (non-hydrogen) atoms. The highest BCUT2D eigenvalue weighted by atomic mass is 32.2. The van der Waals surface area contributed by atoms with Crippen molar-refractivity contribution in [3.8, 4) is 0 Å². The van der Waals surface area contributed by atoms with Crippen molar-refractivity contribution >= 4 is 29.7 Å². The molecule has 0 spiro atoms. The lowest BCUT2D eigenvalue weighted by atomic mass is 9.84. The van der Waals surface area contributed by atoms with E-state index >= 15 is 0 Å². The van der Waals surface area contributed by atoms with Gasteiger partial charge in [-0.25, -0.2) is 4.79 Å². The monoisotopic (exact) mass is 576 g/mol. The Labute approximate surface area is 247 Å². The zero-order chi connectivity index (χ0) is 30.1. The average Bonchev–Trinajstić information content (AvgIpc) is 2.91. The van der Waals surface area contributed by atoms with Gasteiger partial charge in [-0.05, 0) is 58.2 Å². The molecular formula is C33H40N2O5S. The van der Waals surface area contributed by atoms with E-state index in [1.165, 1.54) is 11.8 Å². The number of thioether (sulfide) groups is 1. The average molecular weight is 577 g/mol. The summed E-state index contributed by atoms with van der Waals surface area (Å²) >= 11 is 1.52. The Morgan fingerprint density at radius 1 is 0.683 bits per heavy atom. The second kappa shape index (κ2) is 13.7. The van der Waals surface area contributed by atoms with Crippen LogP contribution >= 0.6 is 11.8 Å². The lowest BCUT2D eigenvalue weighted by molar-refractivity contribution is -0.154. The molecule has 3 rings (SSSR count). The number of amides is 2. The second-order valence-electron chi connectivity index (χ2n) is 11.6. The Hall–Kier alpha value is -3.78. The van der Waals surface area contributed by atoms with E-state index in [4.69, 9.17) is 9.47 Å². The van der Waals surface area contributed by atoms with Crippen LogP contribution in [0.3, 0.4) is 0 Å². The molecule has 2 N–H and O–H groups in total. The number of benzene rings is 3. The van der Waals surface area contributed by atoms with Crippen LogP contribution in [0.1, 0.15) is 58.2 Å². The third-order valence-electron chi connectivity index (χ3n) is 5.84. The van der Waals surface area contributed by atoms with E-state index in [0.717, 1.165) is 16.7 Å². The van der Waals surface area contributed by atoms with Crippen molar-refractivity contribution in [2.45, 2.75) is 63.5 Å². The topological polar surface area (TPSA) is 93.7 Å². The maximum atomic E-state index is 13.4. The van der Waals surface area contributed by atoms with E-state index in [1.54, 1.807) is 41.5 Å². The summed E-state index contributed by atoms with van der Waals surface area (Å²) in [6.45, 7) is 10.2. The first-order valence-corrected chi connectivity index (χ1v) is 14.6. The number of hydrogen-bond donors (Lipinski definition) is 2. The molecule has 218 valence electrons. The van der Waals surface area contributed by atoms with Crippen LogP contribution in [0.2, 0.25) is 0 Å². The quantitative estimate of drug-likeness (QED) is 0.225. The molecule has 0 saturated heterocycles. The fourth-order valence-electron chi connectivity index (χ4n) is 4.27. The van der Waals surface area contributed by atoms with Crippen molar-refractivity contribution in [2.75, 3.05) is 12.3 Å². The standard InChI is InChI=1S/C33H40N2O5S/c1-31(2,3)39-28(36)22-34-29(37)27(35-30(38)40-32(4,5)6)23-41-33(24-16-10-7-11-17-24,25-18-12-8-13-19-25)26-20-14-9-15-21-26/h7-21,27H,22-23H2,1-6H3,(H,34,37)(H,35,38)/t27-/m1/s1. The van der Waals surface area contributed by atoms with Gasteiger partial charge in [-0.15, -0.1) is 11.8 Å². The van der Waals surface area contributed by atoms with E-state index in [2.05, 4.69) is 47.0 Å². The molecule has 3 aromatic carbocycles. The van der Waals surface area contributed by atoms with E-state index in [0.29, 0.717) is 0 Å². The van der Waals surface area contributed by atoms with Crippen molar-refractivity contribution in [3.05, 3.63) is 108 Å². The number of carbonyl (C=O) groups is 3. The fraction of sp³-hybridized carbons (Fsp3) is 0.364. The van der Waals surface area contributed by atoms with Gasteiger partial charge >= 0.3 is 12.1 Å². The summed E-state index contributed by atoms with van der Waals surface area (Å²) in [7, 11) is 0. The molecule has 0 aliphatic heterocycles. The summed E-state index contributed by atoms with van der Waals surface area (Å²) in [5.74, 6) is -0.906. The van der Waals surface area contributed by atoms with Gasteiger partial charge in [0, 0.05) is 5.75 Å². The summed E-state index contributed by atoms with van der Waals surface area (Å²) in [5.41, 5.74) is 1.62. The molecule has 1 atom stereocenters. The van der Waals surface area contributed by atoms with Gasteiger partial charge in [-0.1, -0.05) is 91.0 Å². The number of rotatable bonds is 10. The molecule has 0 aromatic heterocycles. The number of carbonyl (C=O) groups excluding carboxylic acids is 3. The number of hydrogen-bond acceptors (Lipinski definition) is 6. The SMILES string of the molecule is CC(C)(C)OC(=O)CNC(=O)[C@@H](CSC(c1ccccc1)(c1ccccc1)c1ccccc1)NC(=O)OC(C)(C)C. The van der Waals surface area contributed by atoms with E-state index < -0.39 is 40.0 Å². The molecule has 0 aliphatic carbocycles. The minimum atomic E-state index is -1.01. The summed E-state index contributed by atoms with van der Waals surface area (Å²) in [6.07, 6.45) is -0.722. The Bertz CT molecular complexity index is 1190. The normalized spacial score (nSPS) is 12.6. The molecule has 3 aromatic rings. The van der Waals surface area contributed by atoms with Crippen molar-refractivity contribution < 1.29 is 23.9 Å². The van der Waals surface area contributed by atoms with Crippen LogP contribution in [0.4, 0.5) is 4.79 Å². The molecule has 0 fully saturated rings. The van der Waals surface area contributed by atoms with Crippen molar-refractivity contribution in [2.24, 2.45) is 0 Å². The molecule has 0 saturated carbocycles. The number of esters is 1. The largest absolute Gasteiger partial charge is 0.459 e. The number of ether oxygens (including phenoxy) is 2. The molecule has 2 amide bonds. The molecule has 0 bridgehead atoms. The third-order valence-corrected chi connectivity index (χ3v) is 7.48. The first kappa shape index (κ1) is 31.7. The van der Waals surface area contributed by atoms with Gasteiger partial charge in [0.2, 0.25) is 5.91 Å². The van der Waals surface area contributed by atoms with E-state index in [-0.39, 0.29) is 12.3 Å². The molecule has 0 aliphatic rings.